The van der Waals surface area contributed by atoms with Crippen LogP contribution in [0.4, 0.5) is 0 Å². The van der Waals surface area contributed by atoms with Crippen molar-refractivity contribution in [1.29, 1.82) is 0 Å². The van der Waals surface area contributed by atoms with Crippen molar-refractivity contribution in [2.24, 2.45) is 5.73 Å². The first-order valence-electron chi connectivity index (χ1n) is 7.27. The van der Waals surface area contributed by atoms with E-state index < -0.39 is 0 Å². The van der Waals surface area contributed by atoms with E-state index >= 15 is 0 Å². The average molecular weight is 245 g/mol. The molecule has 104 valence electrons. The molecule has 0 amide bonds. The molecule has 3 heteroatoms. The summed E-state index contributed by atoms with van der Waals surface area (Å²) in [6, 6.07) is 0. The van der Waals surface area contributed by atoms with Gasteiger partial charge in [-0.1, -0.05) is 51.9 Å². The predicted molar refractivity (Wildman–Crippen MR) is 73.1 cm³/mol. The number of aliphatic hydroxyl groups excluding tert-OH is 1. The van der Waals surface area contributed by atoms with Crippen LogP contribution in [0.15, 0.2) is 0 Å². The lowest BCUT2D eigenvalue weighted by molar-refractivity contribution is 0.0427. The van der Waals surface area contributed by atoms with E-state index in [2.05, 4.69) is 6.92 Å². The molecule has 1 atom stereocenters. The molecule has 0 radical (unpaired) electrons. The lowest BCUT2D eigenvalue weighted by Crippen LogP contribution is -2.24. The number of ether oxygens (including phenoxy) is 1. The van der Waals surface area contributed by atoms with E-state index in [1.807, 2.05) is 0 Å². The Morgan fingerprint density at radius 2 is 1.65 bits per heavy atom. The molecular weight excluding hydrogens is 214 g/mol. The highest BCUT2D eigenvalue weighted by Crippen LogP contribution is 2.10. The number of hydrogen-bond acceptors (Lipinski definition) is 3. The number of aliphatic hydroxyl groups is 1. The van der Waals surface area contributed by atoms with Gasteiger partial charge < -0.3 is 15.6 Å². The summed E-state index contributed by atoms with van der Waals surface area (Å²) < 4.78 is 5.59. The van der Waals surface area contributed by atoms with Crippen molar-refractivity contribution in [3.05, 3.63) is 0 Å². The third-order valence-corrected chi connectivity index (χ3v) is 3.05. The third-order valence-electron chi connectivity index (χ3n) is 3.05. The zero-order chi connectivity index (χ0) is 12.8. The molecule has 0 aliphatic rings. The van der Waals surface area contributed by atoms with Crippen LogP contribution in [0.5, 0.6) is 0 Å². The van der Waals surface area contributed by atoms with Crippen molar-refractivity contribution in [2.45, 2.75) is 70.8 Å². The summed E-state index contributed by atoms with van der Waals surface area (Å²) in [7, 11) is 0. The van der Waals surface area contributed by atoms with Crippen LogP contribution in [-0.2, 0) is 4.74 Å². The van der Waals surface area contributed by atoms with Crippen molar-refractivity contribution in [1.82, 2.24) is 0 Å². The molecule has 0 aliphatic carbocycles. The summed E-state index contributed by atoms with van der Waals surface area (Å²) in [5.41, 5.74) is 5.65. The van der Waals surface area contributed by atoms with Gasteiger partial charge in [-0.05, 0) is 12.8 Å². The molecule has 0 aliphatic heterocycles. The molecule has 17 heavy (non-hydrogen) atoms. The van der Waals surface area contributed by atoms with Gasteiger partial charge in [-0.25, -0.2) is 0 Å². The first-order chi connectivity index (χ1) is 8.35. The summed E-state index contributed by atoms with van der Waals surface area (Å²) in [5.74, 6) is 0. The molecule has 0 fully saturated rings. The Labute approximate surface area is 107 Å². The van der Waals surface area contributed by atoms with Gasteiger partial charge in [0.2, 0.25) is 0 Å². The molecule has 0 rings (SSSR count). The molecule has 3 N–H and O–H groups in total. The number of hydrogen-bond donors (Lipinski definition) is 2. The molecule has 0 heterocycles. The zero-order valence-electron chi connectivity index (χ0n) is 11.5. The van der Waals surface area contributed by atoms with Gasteiger partial charge in [-0.2, -0.15) is 0 Å². The Kier molecular flexibility index (Phi) is 13.8. The molecule has 0 saturated heterocycles. The molecule has 0 saturated carbocycles. The monoisotopic (exact) mass is 245 g/mol. The molecule has 0 bridgehead atoms. The Bertz CT molecular complexity index is 142. The van der Waals surface area contributed by atoms with E-state index in [0.717, 1.165) is 6.42 Å². The SMILES string of the molecule is CCCCCCCCCC(CN)OCCCO. The highest BCUT2D eigenvalue weighted by Gasteiger charge is 2.05. The molecule has 0 spiro atoms. The van der Waals surface area contributed by atoms with Crippen LogP contribution in [0, 0.1) is 0 Å². The van der Waals surface area contributed by atoms with Gasteiger partial charge in [-0.3, -0.25) is 0 Å². The molecule has 1 unspecified atom stereocenters. The van der Waals surface area contributed by atoms with E-state index in [9.17, 15) is 0 Å². The maximum atomic E-state index is 8.66. The first-order valence-corrected chi connectivity index (χ1v) is 7.27. The van der Waals surface area contributed by atoms with Gasteiger partial charge in [0.05, 0.1) is 6.10 Å². The predicted octanol–water partition coefficient (Wildman–Crippen LogP) is 2.85. The van der Waals surface area contributed by atoms with Gasteiger partial charge in [0, 0.05) is 19.8 Å². The fourth-order valence-electron chi connectivity index (χ4n) is 1.91. The average Bonchev–Trinajstić information content (AvgIpc) is 2.35. The van der Waals surface area contributed by atoms with Crippen LogP contribution < -0.4 is 5.73 Å². The number of unbranched alkanes of at least 4 members (excludes halogenated alkanes) is 6. The second-order valence-corrected chi connectivity index (χ2v) is 4.72. The van der Waals surface area contributed by atoms with Crippen molar-refractivity contribution >= 4 is 0 Å². The van der Waals surface area contributed by atoms with Gasteiger partial charge in [0.25, 0.3) is 0 Å². The number of nitrogens with two attached hydrogens (primary N) is 1. The van der Waals surface area contributed by atoms with Crippen LogP contribution in [0.2, 0.25) is 0 Å². The van der Waals surface area contributed by atoms with E-state index in [1.54, 1.807) is 0 Å². The van der Waals surface area contributed by atoms with E-state index in [4.69, 9.17) is 15.6 Å². The fourth-order valence-corrected chi connectivity index (χ4v) is 1.91. The lowest BCUT2D eigenvalue weighted by atomic mass is 10.1. The minimum absolute atomic E-state index is 0.192. The largest absolute Gasteiger partial charge is 0.396 e. The van der Waals surface area contributed by atoms with Crippen LogP contribution in [0.1, 0.15) is 64.7 Å². The van der Waals surface area contributed by atoms with Crippen LogP contribution in [0.25, 0.3) is 0 Å². The zero-order valence-corrected chi connectivity index (χ0v) is 11.5. The van der Waals surface area contributed by atoms with Crippen LogP contribution in [-0.4, -0.2) is 31.0 Å². The second kappa shape index (κ2) is 13.9. The summed E-state index contributed by atoms with van der Waals surface area (Å²) in [6.45, 7) is 3.68. The Hall–Kier alpha value is -0.120. The molecule has 0 aromatic carbocycles. The molecular formula is C14H31NO2. The lowest BCUT2D eigenvalue weighted by Gasteiger charge is -2.15. The van der Waals surface area contributed by atoms with E-state index in [-0.39, 0.29) is 12.7 Å². The quantitative estimate of drug-likeness (QED) is 0.491. The minimum atomic E-state index is 0.192. The van der Waals surface area contributed by atoms with Crippen LogP contribution >= 0.6 is 0 Å². The Morgan fingerprint density at radius 1 is 1.00 bits per heavy atom. The minimum Gasteiger partial charge on any atom is -0.396 e. The maximum absolute atomic E-state index is 8.66. The summed E-state index contributed by atoms with van der Waals surface area (Å²) in [4.78, 5) is 0. The first kappa shape index (κ1) is 16.9. The maximum Gasteiger partial charge on any atom is 0.0697 e. The highest BCUT2D eigenvalue weighted by molar-refractivity contribution is 4.59. The third kappa shape index (κ3) is 12.1. The smallest absolute Gasteiger partial charge is 0.0697 e. The van der Waals surface area contributed by atoms with Crippen LogP contribution in [0.3, 0.4) is 0 Å². The Balaban J connectivity index is 3.25. The summed E-state index contributed by atoms with van der Waals surface area (Å²) in [5, 5.41) is 8.66. The van der Waals surface area contributed by atoms with Crippen molar-refractivity contribution < 1.29 is 9.84 Å². The highest BCUT2D eigenvalue weighted by atomic mass is 16.5. The normalized spacial score (nSPS) is 12.9. The van der Waals surface area contributed by atoms with E-state index in [0.29, 0.717) is 19.6 Å². The van der Waals surface area contributed by atoms with E-state index in [1.165, 1.54) is 44.9 Å². The standard InChI is InChI=1S/C14H31NO2/c1-2-3-4-5-6-7-8-10-14(13-15)17-12-9-11-16/h14,16H,2-13,15H2,1H3. The van der Waals surface area contributed by atoms with Gasteiger partial charge in [0.1, 0.15) is 0 Å². The summed E-state index contributed by atoms with van der Waals surface area (Å²) in [6.07, 6.45) is 11.3. The van der Waals surface area contributed by atoms with Crippen molar-refractivity contribution in [2.75, 3.05) is 19.8 Å². The van der Waals surface area contributed by atoms with Gasteiger partial charge >= 0.3 is 0 Å². The molecule has 0 aromatic heterocycles. The molecule has 3 nitrogen and oxygen atoms in total. The van der Waals surface area contributed by atoms with Crippen molar-refractivity contribution in [3.8, 4) is 0 Å². The topological polar surface area (TPSA) is 55.5 Å². The fraction of sp³-hybridized carbons (Fsp3) is 1.00. The summed E-state index contributed by atoms with van der Waals surface area (Å²) >= 11 is 0. The second-order valence-electron chi connectivity index (χ2n) is 4.72. The van der Waals surface area contributed by atoms with Crippen molar-refractivity contribution in [3.63, 3.8) is 0 Å². The van der Waals surface area contributed by atoms with Gasteiger partial charge in [-0.15, -0.1) is 0 Å². The molecule has 0 aromatic rings. The number of rotatable bonds is 13. The Morgan fingerprint density at radius 3 is 2.24 bits per heavy atom. The van der Waals surface area contributed by atoms with Gasteiger partial charge in [0.15, 0.2) is 0 Å².